The Hall–Kier alpha value is -2.08. The van der Waals surface area contributed by atoms with Gasteiger partial charge in [0.25, 0.3) is 5.91 Å². The highest BCUT2D eigenvalue weighted by Gasteiger charge is 2.16. The van der Waals surface area contributed by atoms with Crippen molar-refractivity contribution in [1.29, 1.82) is 0 Å². The van der Waals surface area contributed by atoms with E-state index in [1.165, 1.54) is 0 Å². The molecule has 1 aromatic heterocycles. The summed E-state index contributed by atoms with van der Waals surface area (Å²) in [7, 11) is 0. The largest absolute Gasteiger partial charge is 0.506 e. The SMILES string of the molecule is Cc1n[nH]c(C)c1CNC(=O)c1cc(F)cc(Cl)c1O. The maximum Gasteiger partial charge on any atom is 0.255 e. The number of carbonyl (C=O) groups excluding carboxylic acids is 1. The molecule has 0 spiro atoms. The van der Waals surface area contributed by atoms with Gasteiger partial charge in [-0.05, 0) is 26.0 Å². The van der Waals surface area contributed by atoms with Gasteiger partial charge in [0.15, 0.2) is 0 Å². The van der Waals surface area contributed by atoms with E-state index in [2.05, 4.69) is 15.5 Å². The number of hydrogen-bond donors (Lipinski definition) is 3. The number of hydrogen-bond acceptors (Lipinski definition) is 3. The van der Waals surface area contributed by atoms with Gasteiger partial charge in [0, 0.05) is 17.8 Å². The van der Waals surface area contributed by atoms with E-state index in [0.29, 0.717) is 0 Å². The number of benzene rings is 1. The minimum Gasteiger partial charge on any atom is -0.506 e. The molecule has 2 aromatic rings. The number of rotatable bonds is 3. The molecule has 5 nitrogen and oxygen atoms in total. The van der Waals surface area contributed by atoms with Crippen LogP contribution in [0.3, 0.4) is 0 Å². The number of aromatic hydroxyl groups is 1. The zero-order valence-electron chi connectivity index (χ0n) is 10.9. The van der Waals surface area contributed by atoms with Crippen molar-refractivity contribution in [3.63, 3.8) is 0 Å². The van der Waals surface area contributed by atoms with E-state index < -0.39 is 17.5 Å². The van der Waals surface area contributed by atoms with Crippen molar-refractivity contribution in [3.8, 4) is 5.75 Å². The van der Waals surface area contributed by atoms with E-state index in [0.717, 1.165) is 29.1 Å². The average molecular weight is 298 g/mol. The third-order valence-corrected chi connectivity index (χ3v) is 3.27. The molecule has 2 rings (SSSR count). The molecule has 20 heavy (non-hydrogen) atoms. The monoisotopic (exact) mass is 297 g/mol. The number of aromatic nitrogens is 2. The Morgan fingerprint density at radius 1 is 1.50 bits per heavy atom. The number of amides is 1. The normalized spacial score (nSPS) is 10.6. The van der Waals surface area contributed by atoms with Gasteiger partial charge >= 0.3 is 0 Å². The fourth-order valence-electron chi connectivity index (χ4n) is 1.84. The van der Waals surface area contributed by atoms with Gasteiger partial charge in [-0.1, -0.05) is 11.6 Å². The molecule has 0 radical (unpaired) electrons. The molecule has 1 heterocycles. The summed E-state index contributed by atoms with van der Waals surface area (Å²) < 4.78 is 13.2. The van der Waals surface area contributed by atoms with Gasteiger partial charge in [-0.25, -0.2) is 4.39 Å². The second kappa shape index (κ2) is 5.50. The van der Waals surface area contributed by atoms with Gasteiger partial charge in [0.1, 0.15) is 11.6 Å². The molecule has 0 fully saturated rings. The van der Waals surface area contributed by atoms with Crippen LogP contribution in [-0.4, -0.2) is 21.2 Å². The lowest BCUT2D eigenvalue weighted by Crippen LogP contribution is -2.23. The molecular formula is C13H13ClFN3O2. The lowest BCUT2D eigenvalue weighted by Gasteiger charge is -2.08. The number of carbonyl (C=O) groups is 1. The standard InChI is InChI=1S/C13H13ClFN3O2/c1-6-10(7(2)18-17-6)5-16-13(20)9-3-8(15)4-11(14)12(9)19/h3-4,19H,5H2,1-2H3,(H,16,20)(H,17,18). The summed E-state index contributed by atoms with van der Waals surface area (Å²) >= 11 is 5.63. The Balaban J connectivity index is 2.17. The van der Waals surface area contributed by atoms with E-state index in [1.54, 1.807) is 0 Å². The summed E-state index contributed by atoms with van der Waals surface area (Å²) in [4.78, 5) is 12.0. The van der Waals surface area contributed by atoms with Crippen molar-refractivity contribution < 1.29 is 14.3 Å². The lowest BCUT2D eigenvalue weighted by atomic mass is 10.1. The molecule has 0 aliphatic carbocycles. The van der Waals surface area contributed by atoms with Crippen LogP contribution >= 0.6 is 11.6 Å². The molecule has 0 unspecified atom stereocenters. The molecule has 1 aromatic carbocycles. The maximum absolute atomic E-state index is 13.2. The number of H-pyrrole nitrogens is 1. The fraction of sp³-hybridized carbons (Fsp3) is 0.231. The first kappa shape index (κ1) is 14.3. The molecule has 0 atom stereocenters. The smallest absolute Gasteiger partial charge is 0.255 e. The summed E-state index contributed by atoms with van der Waals surface area (Å²) in [5, 5.41) is 18.9. The van der Waals surface area contributed by atoms with E-state index in [1.807, 2.05) is 13.8 Å². The number of aromatic amines is 1. The van der Waals surface area contributed by atoms with Crippen molar-refractivity contribution in [2.45, 2.75) is 20.4 Å². The second-order valence-corrected chi connectivity index (χ2v) is 4.79. The maximum atomic E-state index is 13.2. The Labute approximate surface area is 119 Å². The highest BCUT2D eigenvalue weighted by atomic mass is 35.5. The van der Waals surface area contributed by atoms with Gasteiger partial charge in [0.2, 0.25) is 0 Å². The molecule has 7 heteroatoms. The predicted octanol–water partition coefficient (Wildman–Crippen LogP) is 2.45. The highest BCUT2D eigenvalue weighted by molar-refractivity contribution is 6.32. The molecule has 106 valence electrons. The van der Waals surface area contributed by atoms with Gasteiger partial charge in [-0.3, -0.25) is 9.89 Å². The van der Waals surface area contributed by atoms with Crippen LogP contribution in [0.2, 0.25) is 5.02 Å². The fourth-order valence-corrected chi connectivity index (χ4v) is 2.04. The molecule has 0 saturated carbocycles. The van der Waals surface area contributed by atoms with Gasteiger partial charge < -0.3 is 10.4 Å². The summed E-state index contributed by atoms with van der Waals surface area (Å²) in [6.07, 6.45) is 0. The lowest BCUT2D eigenvalue weighted by molar-refractivity contribution is 0.0947. The Bertz CT molecular complexity index is 650. The zero-order chi connectivity index (χ0) is 14.9. The third-order valence-electron chi connectivity index (χ3n) is 2.98. The topological polar surface area (TPSA) is 78.0 Å². The first-order valence-corrected chi connectivity index (χ1v) is 6.24. The van der Waals surface area contributed by atoms with Gasteiger partial charge in [-0.15, -0.1) is 0 Å². The van der Waals surface area contributed by atoms with Crippen molar-refractivity contribution in [1.82, 2.24) is 15.5 Å². The number of phenols is 1. The first-order valence-electron chi connectivity index (χ1n) is 5.86. The summed E-state index contributed by atoms with van der Waals surface area (Å²) in [5.41, 5.74) is 2.25. The van der Waals surface area contributed by atoms with Crippen LogP contribution in [0.15, 0.2) is 12.1 Å². The van der Waals surface area contributed by atoms with Crippen molar-refractivity contribution in [2.75, 3.05) is 0 Å². The van der Waals surface area contributed by atoms with E-state index in [-0.39, 0.29) is 17.1 Å². The molecule has 0 aliphatic heterocycles. The first-order chi connectivity index (χ1) is 9.40. The number of nitrogens with zero attached hydrogens (tertiary/aromatic N) is 1. The summed E-state index contributed by atoms with van der Waals surface area (Å²) in [6, 6.07) is 1.88. The minimum absolute atomic E-state index is 0.200. The van der Waals surface area contributed by atoms with Crippen LogP contribution in [-0.2, 0) is 6.54 Å². The van der Waals surface area contributed by atoms with Crippen LogP contribution < -0.4 is 5.32 Å². The van der Waals surface area contributed by atoms with Crippen molar-refractivity contribution in [3.05, 3.63) is 45.5 Å². The van der Waals surface area contributed by atoms with E-state index in [4.69, 9.17) is 11.6 Å². The molecule has 0 bridgehead atoms. The highest BCUT2D eigenvalue weighted by Crippen LogP contribution is 2.28. The van der Waals surface area contributed by atoms with Gasteiger partial charge in [-0.2, -0.15) is 5.10 Å². The Morgan fingerprint density at radius 3 is 2.80 bits per heavy atom. The van der Waals surface area contributed by atoms with Gasteiger partial charge in [0.05, 0.1) is 16.3 Å². The second-order valence-electron chi connectivity index (χ2n) is 4.38. The quantitative estimate of drug-likeness (QED) is 0.814. The third kappa shape index (κ3) is 2.75. The molecule has 3 N–H and O–H groups in total. The van der Waals surface area contributed by atoms with Crippen LogP contribution in [0.5, 0.6) is 5.75 Å². The van der Waals surface area contributed by atoms with E-state index in [9.17, 15) is 14.3 Å². The predicted molar refractivity (Wildman–Crippen MR) is 72.3 cm³/mol. The molecule has 0 aliphatic rings. The molecule has 1 amide bonds. The molecular weight excluding hydrogens is 285 g/mol. The van der Waals surface area contributed by atoms with Crippen LogP contribution in [0.1, 0.15) is 27.3 Å². The number of halogens is 2. The Morgan fingerprint density at radius 2 is 2.20 bits per heavy atom. The minimum atomic E-state index is -0.686. The van der Waals surface area contributed by atoms with Crippen LogP contribution in [0.25, 0.3) is 0 Å². The average Bonchev–Trinajstić information content (AvgIpc) is 2.70. The summed E-state index contributed by atoms with van der Waals surface area (Å²) in [6.45, 7) is 3.86. The van der Waals surface area contributed by atoms with Crippen LogP contribution in [0, 0.1) is 19.7 Å². The van der Waals surface area contributed by atoms with Crippen LogP contribution in [0.4, 0.5) is 4.39 Å². The van der Waals surface area contributed by atoms with Crippen molar-refractivity contribution >= 4 is 17.5 Å². The summed E-state index contributed by atoms with van der Waals surface area (Å²) in [5.74, 6) is -1.73. The zero-order valence-corrected chi connectivity index (χ0v) is 11.7. The number of aryl methyl sites for hydroxylation is 2. The van der Waals surface area contributed by atoms with E-state index >= 15 is 0 Å². The van der Waals surface area contributed by atoms with Crippen molar-refractivity contribution in [2.24, 2.45) is 0 Å². The molecule has 0 saturated heterocycles. The number of phenolic OH excluding ortho intramolecular Hbond substituents is 1. The number of nitrogens with one attached hydrogen (secondary N) is 2. The Kier molecular flexibility index (Phi) is 3.94.